The Morgan fingerprint density at radius 2 is 2.30 bits per heavy atom. The minimum Gasteiger partial charge on any atom is -0.477 e. The third-order valence-electron chi connectivity index (χ3n) is 2.26. The van der Waals surface area contributed by atoms with Crippen molar-refractivity contribution in [3.63, 3.8) is 0 Å². The number of hydrogen-bond acceptors (Lipinski definition) is 7. The second kappa shape index (κ2) is 6.80. The summed E-state index contributed by atoms with van der Waals surface area (Å²) in [6.07, 6.45) is 4.02. The van der Waals surface area contributed by atoms with E-state index in [1.54, 1.807) is 12.4 Å². The third-order valence-corrected chi connectivity index (χ3v) is 3.11. The third kappa shape index (κ3) is 3.89. The normalized spacial score (nSPS) is 10.2. The van der Waals surface area contributed by atoms with Gasteiger partial charge in [-0.3, -0.25) is 4.98 Å². The Morgan fingerprint density at radius 1 is 1.45 bits per heavy atom. The maximum Gasteiger partial charge on any atom is 0.355 e. The van der Waals surface area contributed by atoms with Gasteiger partial charge in [0.05, 0.1) is 25.5 Å². The average molecular weight is 294 g/mol. The summed E-state index contributed by atoms with van der Waals surface area (Å²) < 4.78 is 5.38. The number of thiazole rings is 1. The Bertz CT molecular complexity index is 588. The van der Waals surface area contributed by atoms with Gasteiger partial charge >= 0.3 is 5.97 Å². The molecule has 0 aliphatic heterocycles. The van der Waals surface area contributed by atoms with Gasteiger partial charge in [-0.05, 0) is 6.42 Å². The number of aromatic nitrogens is 3. The first-order valence-electron chi connectivity index (χ1n) is 6.05. The number of hydrogen-bond donors (Lipinski definition) is 2. The molecule has 20 heavy (non-hydrogen) atoms. The Kier molecular flexibility index (Phi) is 4.83. The fraction of sp³-hybridized carbons (Fsp3) is 0.333. The fourth-order valence-corrected chi connectivity index (χ4v) is 2.07. The molecular weight excluding hydrogens is 280 g/mol. The quantitative estimate of drug-likeness (QED) is 0.806. The first-order valence-corrected chi connectivity index (χ1v) is 6.93. The lowest BCUT2D eigenvalue weighted by atomic mass is 10.5. The molecular formula is C12H14N4O3S. The van der Waals surface area contributed by atoms with E-state index in [0.29, 0.717) is 29.9 Å². The van der Waals surface area contributed by atoms with Crippen LogP contribution in [0.15, 0.2) is 17.8 Å². The predicted molar refractivity (Wildman–Crippen MR) is 74.2 cm³/mol. The maximum absolute atomic E-state index is 10.7. The van der Waals surface area contributed by atoms with Crippen molar-refractivity contribution in [2.24, 2.45) is 0 Å². The number of nitrogens with zero attached hydrogens (tertiary/aromatic N) is 3. The first-order chi connectivity index (χ1) is 9.69. The van der Waals surface area contributed by atoms with Crippen LogP contribution in [0.1, 0.15) is 28.8 Å². The van der Waals surface area contributed by atoms with Gasteiger partial charge in [0.25, 0.3) is 0 Å². The number of nitrogens with one attached hydrogen (secondary N) is 1. The molecule has 2 rings (SSSR count). The second-order valence-corrected chi connectivity index (χ2v) is 4.82. The highest BCUT2D eigenvalue weighted by molar-refractivity contribution is 7.09. The highest BCUT2D eigenvalue weighted by Gasteiger charge is 2.08. The number of aromatic carboxylic acids is 1. The van der Waals surface area contributed by atoms with E-state index in [-0.39, 0.29) is 5.69 Å². The molecule has 0 unspecified atom stereocenters. The Labute approximate surface area is 119 Å². The van der Waals surface area contributed by atoms with E-state index < -0.39 is 5.97 Å². The Hall–Kier alpha value is -2.22. The smallest absolute Gasteiger partial charge is 0.355 e. The summed E-state index contributed by atoms with van der Waals surface area (Å²) in [7, 11) is 0. The molecule has 2 aromatic heterocycles. The summed E-state index contributed by atoms with van der Waals surface area (Å²) in [5.74, 6) is -0.00449. The van der Waals surface area contributed by atoms with Crippen molar-refractivity contribution in [2.45, 2.75) is 19.9 Å². The molecule has 0 radical (unpaired) electrons. The van der Waals surface area contributed by atoms with Gasteiger partial charge in [-0.15, -0.1) is 11.3 Å². The van der Waals surface area contributed by atoms with Gasteiger partial charge in [0, 0.05) is 5.38 Å². The highest BCUT2D eigenvalue weighted by atomic mass is 32.1. The molecule has 0 atom stereocenters. The molecule has 8 heteroatoms. The molecule has 0 fully saturated rings. The van der Waals surface area contributed by atoms with Crippen molar-refractivity contribution in [3.05, 3.63) is 28.5 Å². The minimum absolute atomic E-state index is 0.0536. The van der Waals surface area contributed by atoms with E-state index in [0.717, 1.165) is 6.42 Å². The van der Waals surface area contributed by atoms with Crippen LogP contribution in [-0.4, -0.2) is 32.6 Å². The zero-order valence-corrected chi connectivity index (χ0v) is 11.7. The van der Waals surface area contributed by atoms with Crippen molar-refractivity contribution in [1.29, 1.82) is 0 Å². The van der Waals surface area contributed by atoms with Gasteiger partial charge in [0.2, 0.25) is 5.88 Å². The number of rotatable bonds is 7. The number of carboxylic acids is 1. The number of ether oxygens (including phenoxy) is 1. The van der Waals surface area contributed by atoms with Crippen LogP contribution in [0.3, 0.4) is 0 Å². The van der Waals surface area contributed by atoms with E-state index in [1.165, 1.54) is 16.7 Å². The lowest BCUT2D eigenvalue weighted by Crippen LogP contribution is -2.05. The van der Waals surface area contributed by atoms with Gasteiger partial charge in [0.1, 0.15) is 10.8 Å². The molecule has 106 valence electrons. The molecule has 0 amide bonds. The van der Waals surface area contributed by atoms with Crippen LogP contribution in [0.4, 0.5) is 5.82 Å². The molecule has 2 aromatic rings. The number of anilines is 1. The van der Waals surface area contributed by atoms with E-state index >= 15 is 0 Å². The van der Waals surface area contributed by atoms with Gasteiger partial charge in [-0.2, -0.15) is 4.98 Å². The minimum atomic E-state index is -1.03. The van der Waals surface area contributed by atoms with Crippen LogP contribution >= 0.6 is 11.3 Å². The van der Waals surface area contributed by atoms with Gasteiger partial charge in [0.15, 0.2) is 5.69 Å². The lowest BCUT2D eigenvalue weighted by Gasteiger charge is -2.06. The van der Waals surface area contributed by atoms with Crippen LogP contribution in [0.25, 0.3) is 0 Å². The zero-order valence-electron chi connectivity index (χ0n) is 10.9. The van der Waals surface area contributed by atoms with Crippen LogP contribution in [0.5, 0.6) is 5.88 Å². The molecule has 0 spiro atoms. The summed E-state index contributed by atoms with van der Waals surface area (Å²) in [6.45, 7) is 2.99. The van der Waals surface area contributed by atoms with Gasteiger partial charge in [-0.1, -0.05) is 6.92 Å². The molecule has 0 bridgehead atoms. The van der Waals surface area contributed by atoms with Gasteiger partial charge in [-0.25, -0.2) is 9.78 Å². The summed E-state index contributed by atoms with van der Waals surface area (Å²) in [6, 6.07) is 0. The molecule has 2 N–H and O–H groups in total. The monoisotopic (exact) mass is 294 g/mol. The zero-order chi connectivity index (χ0) is 14.4. The molecule has 0 aliphatic carbocycles. The topological polar surface area (TPSA) is 97.2 Å². The molecule has 0 aliphatic rings. The van der Waals surface area contributed by atoms with Crippen LogP contribution in [0, 0.1) is 0 Å². The highest BCUT2D eigenvalue weighted by Crippen LogP contribution is 2.13. The average Bonchev–Trinajstić information content (AvgIpc) is 2.92. The maximum atomic E-state index is 10.7. The van der Waals surface area contributed by atoms with Crippen molar-refractivity contribution in [1.82, 2.24) is 15.0 Å². The molecule has 0 saturated carbocycles. The van der Waals surface area contributed by atoms with Crippen molar-refractivity contribution >= 4 is 23.1 Å². The summed E-state index contributed by atoms with van der Waals surface area (Å²) in [5.41, 5.74) is 0.0536. The summed E-state index contributed by atoms with van der Waals surface area (Å²) in [4.78, 5) is 22.9. The number of carbonyl (C=O) groups is 1. The summed E-state index contributed by atoms with van der Waals surface area (Å²) in [5, 5.41) is 14.0. The Morgan fingerprint density at radius 3 is 3.00 bits per heavy atom. The first kappa shape index (κ1) is 14.2. The van der Waals surface area contributed by atoms with E-state index in [2.05, 4.69) is 20.3 Å². The number of carboxylic acid groups (broad SMARTS) is 1. The Balaban J connectivity index is 1.94. The second-order valence-electron chi connectivity index (χ2n) is 3.88. The van der Waals surface area contributed by atoms with E-state index in [1.807, 2.05) is 6.92 Å². The molecule has 7 nitrogen and oxygen atoms in total. The predicted octanol–water partition coefficient (Wildman–Crippen LogP) is 2.03. The van der Waals surface area contributed by atoms with E-state index in [9.17, 15) is 4.79 Å². The molecule has 0 saturated heterocycles. The largest absolute Gasteiger partial charge is 0.477 e. The van der Waals surface area contributed by atoms with Crippen molar-refractivity contribution in [3.8, 4) is 5.88 Å². The van der Waals surface area contributed by atoms with E-state index in [4.69, 9.17) is 9.84 Å². The van der Waals surface area contributed by atoms with Crippen LogP contribution < -0.4 is 10.1 Å². The fourth-order valence-electron chi connectivity index (χ4n) is 1.37. The van der Waals surface area contributed by atoms with Crippen LogP contribution in [-0.2, 0) is 6.54 Å². The van der Waals surface area contributed by atoms with Crippen molar-refractivity contribution < 1.29 is 14.6 Å². The summed E-state index contributed by atoms with van der Waals surface area (Å²) >= 11 is 1.28. The molecule has 2 heterocycles. The molecule has 0 aromatic carbocycles. The standard InChI is InChI=1S/C12H14N4O3S/c1-2-3-19-10-5-13-4-9(16-10)14-6-11-15-8(7-20-11)12(17)18/h4-5,7H,2-3,6H2,1H3,(H,14,16)(H,17,18). The van der Waals surface area contributed by atoms with Crippen LogP contribution in [0.2, 0.25) is 0 Å². The lowest BCUT2D eigenvalue weighted by molar-refractivity contribution is 0.0691. The van der Waals surface area contributed by atoms with Gasteiger partial charge < -0.3 is 15.2 Å². The van der Waals surface area contributed by atoms with Crippen molar-refractivity contribution in [2.75, 3.05) is 11.9 Å². The SMILES string of the molecule is CCCOc1cncc(NCc2nc(C(=O)O)cs2)n1.